The van der Waals surface area contributed by atoms with Crippen LogP contribution in [0.25, 0.3) is 0 Å². The van der Waals surface area contributed by atoms with Crippen LogP contribution in [-0.2, 0) is 24.1 Å². The van der Waals surface area contributed by atoms with Crippen LogP contribution in [0.1, 0.15) is 43.9 Å². The van der Waals surface area contributed by atoms with Crippen molar-refractivity contribution in [3.63, 3.8) is 0 Å². The molecule has 1 aromatic rings. The number of aryl methyl sites for hydroxylation is 1. The molecule has 17 heavy (non-hydrogen) atoms. The van der Waals surface area contributed by atoms with E-state index in [9.17, 15) is 4.79 Å². The summed E-state index contributed by atoms with van der Waals surface area (Å²) in [7, 11) is 0. The first-order valence-corrected chi connectivity index (χ1v) is 6.39. The Morgan fingerprint density at radius 2 is 2.41 bits per heavy atom. The van der Waals surface area contributed by atoms with Crippen LogP contribution >= 0.6 is 0 Å². The Kier molecular flexibility index (Phi) is 3.50. The minimum Gasteiger partial charge on any atom is -0.481 e. The number of carboxylic acids is 1. The number of fused-ring (bicyclic) bond motifs is 1. The Bertz CT molecular complexity index is 412. The average Bonchev–Trinajstić information content (AvgIpc) is 2.69. The van der Waals surface area contributed by atoms with Gasteiger partial charge in [-0.1, -0.05) is 20.3 Å². The molecule has 4 heteroatoms. The van der Waals surface area contributed by atoms with E-state index in [-0.39, 0.29) is 5.92 Å². The summed E-state index contributed by atoms with van der Waals surface area (Å²) in [6, 6.07) is 0. The maximum Gasteiger partial charge on any atom is 0.306 e. The van der Waals surface area contributed by atoms with Crippen LogP contribution in [-0.4, -0.2) is 21.0 Å². The molecule has 0 spiro atoms. The number of nitrogens with zero attached hydrogens (tertiary/aromatic N) is 1. The lowest BCUT2D eigenvalue weighted by Crippen LogP contribution is -2.22. The van der Waals surface area contributed by atoms with Gasteiger partial charge in [-0.2, -0.15) is 0 Å². The van der Waals surface area contributed by atoms with Gasteiger partial charge in [0, 0.05) is 18.5 Å². The fraction of sp³-hybridized carbons (Fsp3) is 0.692. The molecular formula is C13H20N2O2. The van der Waals surface area contributed by atoms with E-state index in [1.54, 1.807) is 0 Å². The van der Waals surface area contributed by atoms with Crippen LogP contribution in [0.4, 0.5) is 0 Å². The highest BCUT2D eigenvalue weighted by atomic mass is 16.4. The number of hydrogen-bond donors (Lipinski definition) is 2. The molecule has 1 aliphatic carbocycles. The first-order valence-electron chi connectivity index (χ1n) is 6.39. The molecule has 0 radical (unpaired) electrons. The van der Waals surface area contributed by atoms with Gasteiger partial charge in [-0.15, -0.1) is 0 Å². The molecule has 0 saturated carbocycles. The first kappa shape index (κ1) is 12.1. The fourth-order valence-electron chi connectivity index (χ4n) is 2.32. The molecule has 0 aromatic carbocycles. The van der Waals surface area contributed by atoms with Gasteiger partial charge in [-0.3, -0.25) is 4.79 Å². The Morgan fingerprint density at radius 1 is 1.65 bits per heavy atom. The first-order chi connectivity index (χ1) is 8.10. The summed E-state index contributed by atoms with van der Waals surface area (Å²) in [5, 5.41) is 9.02. The van der Waals surface area contributed by atoms with Crippen LogP contribution in [0.2, 0.25) is 0 Å². The lowest BCUT2D eigenvalue weighted by atomic mass is 9.90. The van der Waals surface area contributed by atoms with Gasteiger partial charge in [0.05, 0.1) is 11.6 Å². The highest BCUT2D eigenvalue weighted by molar-refractivity contribution is 5.70. The standard InChI is InChI=1S/C13H20N2O2/c1-3-8(2)6-12-14-10-5-4-9(13(16)17)7-11(10)15-12/h8-9H,3-7H2,1-2H3,(H,14,15)(H,16,17). The average molecular weight is 236 g/mol. The number of H-pyrrole nitrogens is 1. The van der Waals surface area contributed by atoms with Gasteiger partial charge in [0.2, 0.25) is 0 Å². The summed E-state index contributed by atoms with van der Waals surface area (Å²) in [6.07, 6.45) is 4.22. The second-order valence-electron chi connectivity index (χ2n) is 5.10. The topological polar surface area (TPSA) is 66.0 Å². The summed E-state index contributed by atoms with van der Waals surface area (Å²) in [4.78, 5) is 18.9. The molecule has 0 saturated heterocycles. The molecule has 4 nitrogen and oxygen atoms in total. The Labute approximate surface area is 101 Å². The molecule has 2 rings (SSSR count). The number of aliphatic carboxylic acids is 1. The Hall–Kier alpha value is -1.32. The summed E-state index contributed by atoms with van der Waals surface area (Å²) in [6.45, 7) is 4.38. The maximum absolute atomic E-state index is 11.0. The number of hydrogen-bond acceptors (Lipinski definition) is 2. The molecule has 2 N–H and O–H groups in total. The van der Waals surface area contributed by atoms with E-state index in [1.165, 1.54) is 0 Å². The van der Waals surface area contributed by atoms with Crippen molar-refractivity contribution in [2.75, 3.05) is 0 Å². The smallest absolute Gasteiger partial charge is 0.306 e. The lowest BCUT2D eigenvalue weighted by Gasteiger charge is -2.16. The molecule has 0 amide bonds. The van der Waals surface area contributed by atoms with E-state index < -0.39 is 5.97 Å². The van der Waals surface area contributed by atoms with E-state index in [1.807, 2.05) is 0 Å². The minimum absolute atomic E-state index is 0.237. The number of aromatic amines is 1. The van der Waals surface area contributed by atoms with Crippen molar-refractivity contribution in [2.45, 2.75) is 46.0 Å². The van der Waals surface area contributed by atoms with Gasteiger partial charge in [-0.05, 0) is 18.8 Å². The number of carboxylic acid groups (broad SMARTS) is 1. The zero-order valence-corrected chi connectivity index (χ0v) is 10.5. The van der Waals surface area contributed by atoms with Gasteiger partial charge >= 0.3 is 5.97 Å². The quantitative estimate of drug-likeness (QED) is 0.842. The van der Waals surface area contributed by atoms with Crippen molar-refractivity contribution in [1.82, 2.24) is 9.97 Å². The van der Waals surface area contributed by atoms with Crippen molar-refractivity contribution in [3.05, 3.63) is 17.2 Å². The molecule has 0 aliphatic heterocycles. The van der Waals surface area contributed by atoms with Gasteiger partial charge in [0.15, 0.2) is 0 Å². The van der Waals surface area contributed by atoms with Crippen molar-refractivity contribution in [2.24, 2.45) is 11.8 Å². The second kappa shape index (κ2) is 4.90. The van der Waals surface area contributed by atoms with E-state index in [0.717, 1.165) is 42.9 Å². The molecule has 2 unspecified atom stereocenters. The zero-order valence-electron chi connectivity index (χ0n) is 10.5. The summed E-state index contributed by atoms with van der Waals surface area (Å²) < 4.78 is 0. The van der Waals surface area contributed by atoms with Crippen LogP contribution in [0.3, 0.4) is 0 Å². The Balaban J connectivity index is 2.09. The minimum atomic E-state index is -0.686. The van der Waals surface area contributed by atoms with Crippen molar-refractivity contribution < 1.29 is 9.90 Å². The van der Waals surface area contributed by atoms with E-state index >= 15 is 0 Å². The van der Waals surface area contributed by atoms with Crippen LogP contribution in [0, 0.1) is 11.8 Å². The molecule has 1 heterocycles. The molecule has 0 fully saturated rings. The number of nitrogens with one attached hydrogen (secondary N) is 1. The van der Waals surface area contributed by atoms with E-state index in [4.69, 9.17) is 5.11 Å². The predicted octanol–water partition coefficient (Wildman–Crippen LogP) is 2.19. The van der Waals surface area contributed by atoms with Gasteiger partial charge in [0.1, 0.15) is 5.82 Å². The molecule has 0 bridgehead atoms. The molecule has 2 atom stereocenters. The molecule has 1 aliphatic rings. The third-order valence-corrected chi connectivity index (χ3v) is 3.68. The largest absolute Gasteiger partial charge is 0.481 e. The number of rotatable bonds is 4. The summed E-state index contributed by atoms with van der Waals surface area (Å²) >= 11 is 0. The highest BCUT2D eigenvalue weighted by Gasteiger charge is 2.26. The maximum atomic E-state index is 11.0. The van der Waals surface area contributed by atoms with Gasteiger partial charge < -0.3 is 10.1 Å². The van der Waals surface area contributed by atoms with Crippen molar-refractivity contribution >= 4 is 5.97 Å². The Morgan fingerprint density at radius 3 is 3.06 bits per heavy atom. The third kappa shape index (κ3) is 2.68. The van der Waals surface area contributed by atoms with E-state index in [0.29, 0.717) is 12.3 Å². The number of aromatic nitrogens is 2. The molecule has 94 valence electrons. The van der Waals surface area contributed by atoms with Crippen LogP contribution in [0.5, 0.6) is 0 Å². The fourth-order valence-corrected chi connectivity index (χ4v) is 2.32. The summed E-state index contributed by atoms with van der Waals surface area (Å²) in [5.74, 6) is 0.724. The van der Waals surface area contributed by atoms with Gasteiger partial charge in [-0.25, -0.2) is 4.98 Å². The van der Waals surface area contributed by atoms with Crippen LogP contribution < -0.4 is 0 Å². The molecule has 1 aromatic heterocycles. The lowest BCUT2D eigenvalue weighted by molar-refractivity contribution is -0.142. The van der Waals surface area contributed by atoms with Crippen molar-refractivity contribution in [1.29, 1.82) is 0 Å². The highest BCUT2D eigenvalue weighted by Crippen LogP contribution is 2.24. The van der Waals surface area contributed by atoms with Crippen molar-refractivity contribution in [3.8, 4) is 0 Å². The predicted molar refractivity (Wildman–Crippen MR) is 64.9 cm³/mol. The molecular weight excluding hydrogens is 216 g/mol. The van der Waals surface area contributed by atoms with E-state index in [2.05, 4.69) is 23.8 Å². The monoisotopic (exact) mass is 236 g/mol. The number of imidazole rings is 1. The summed E-state index contributed by atoms with van der Waals surface area (Å²) in [5.41, 5.74) is 2.13. The normalized spacial score (nSPS) is 20.9. The van der Waals surface area contributed by atoms with Crippen LogP contribution in [0.15, 0.2) is 0 Å². The third-order valence-electron chi connectivity index (χ3n) is 3.68. The second-order valence-corrected chi connectivity index (χ2v) is 5.10. The SMILES string of the molecule is CCC(C)Cc1nc2c([nH]1)CC(C(=O)O)CC2. The number of carbonyl (C=O) groups is 1. The zero-order chi connectivity index (χ0) is 12.4. The van der Waals surface area contributed by atoms with Gasteiger partial charge in [0.25, 0.3) is 0 Å².